The van der Waals surface area contributed by atoms with Crippen molar-refractivity contribution in [2.75, 3.05) is 5.73 Å². The molecule has 1 amide bonds. The van der Waals surface area contributed by atoms with Gasteiger partial charge in [-0.3, -0.25) is 9.89 Å². The maximum atomic E-state index is 12.6. The molecule has 0 radical (unpaired) electrons. The minimum atomic E-state index is -1.39. The predicted octanol–water partition coefficient (Wildman–Crippen LogP) is 0.241. The van der Waals surface area contributed by atoms with Crippen molar-refractivity contribution >= 4 is 35.7 Å². The SMILES string of the molecule is Nc1n[nH]c2ccc(-c3cn(CC(=O)N[C@H]4Cc5cccc(C(=O)O)c5OB4O)nn3)cc12. The molecule has 5 rings (SSSR count). The minimum absolute atomic E-state index is 0.0400. The number of H-pyrrole nitrogens is 1. The number of aromatic nitrogens is 5. The van der Waals surface area contributed by atoms with Crippen molar-refractivity contribution in [2.45, 2.75) is 18.9 Å². The number of carboxylic acids is 1. The Hall–Kier alpha value is -4.39. The molecule has 12 nitrogen and oxygen atoms in total. The smallest absolute Gasteiger partial charge is 0.534 e. The van der Waals surface area contributed by atoms with E-state index >= 15 is 0 Å². The molecule has 3 heterocycles. The van der Waals surface area contributed by atoms with Gasteiger partial charge >= 0.3 is 13.1 Å². The van der Waals surface area contributed by atoms with Gasteiger partial charge in [-0.2, -0.15) is 5.10 Å². The van der Waals surface area contributed by atoms with Gasteiger partial charge in [-0.25, -0.2) is 9.48 Å². The fraction of sp³-hybridized carbons (Fsp3) is 0.150. The second kappa shape index (κ2) is 7.95. The summed E-state index contributed by atoms with van der Waals surface area (Å²) in [6, 6.07) is 10.2. The number of nitrogens with one attached hydrogen (secondary N) is 2. The third-order valence-electron chi connectivity index (χ3n) is 5.43. The van der Waals surface area contributed by atoms with Gasteiger partial charge in [0.1, 0.15) is 18.0 Å². The van der Waals surface area contributed by atoms with Crippen molar-refractivity contribution in [3.05, 3.63) is 53.7 Å². The zero-order valence-electron chi connectivity index (χ0n) is 17.1. The number of anilines is 1. The highest BCUT2D eigenvalue weighted by Crippen LogP contribution is 2.30. The van der Waals surface area contributed by atoms with Crippen LogP contribution in [0.15, 0.2) is 42.6 Å². The lowest BCUT2D eigenvalue weighted by atomic mass is 9.72. The number of nitrogen functional groups attached to an aromatic ring is 1. The minimum Gasteiger partial charge on any atom is -0.534 e. The number of hydrogen-bond donors (Lipinski definition) is 5. The number of fused-ring (bicyclic) bond motifs is 2. The number of aromatic carboxylic acids is 1. The Morgan fingerprint density at radius 1 is 1.33 bits per heavy atom. The summed E-state index contributed by atoms with van der Waals surface area (Å²) >= 11 is 0. The lowest BCUT2D eigenvalue weighted by Crippen LogP contribution is -2.53. The third-order valence-corrected chi connectivity index (χ3v) is 5.43. The van der Waals surface area contributed by atoms with Crippen LogP contribution in [0.25, 0.3) is 22.2 Å². The Morgan fingerprint density at radius 2 is 2.18 bits per heavy atom. The first kappa shape index (κ1) is 20.5. The maximum absolute atomic E-state index is 12.6. The van der Waals surface area contributed by atoms with Crippen LogP contribution in [-0.2, 0) is 17.8 Å². The topological polar surface area (TPSA) is 181 Å². The Morgan fingerprint density at radius 3 is 3.00 bits per heavy atom. The number of hydrogen-bond acceptors (Lipinski definition) is 8. The van der Waals surface area contributed by atoms with E-state index in [1.807, 2.05) is 18.2 Å². The molecule has 0 saturated heterocycles. The fourth-order valence-corrected chi connectivity index (χ4v) is 3.82. The molecule has 13 heteroatoms. The normalized spacial score (nSPS) is 15.2. The number of carbonyl (C=O) groups excluding carboxylic acids is 1. The quantitative estimate of drug-likeness (QED) is 0.268. The van der Waals surface area contributed by atoms with Gasteiger partial charge in [0.15, 0.2) is 5.82 Å². The number of benzene rings is 2. The molecule has 0 bridgehead atoms. The molecule has 6 N–H and O–H groups in total. The monoisotopic (exact) mass is 447 g/mol. The summed E-state index contributed by atoms with van der Waals surface area (Å²) in [5, 5.41) is 37.9. The summed E-state index contributed by atoms with van der Waals surface area (Å²) in [5.74, 6) is -1.82. The number of carbonyl (C=O) groups is 2. The van der Waals surface area contributed by atoms with Gasteiger partial charge in [0, 0.05) is 10.9 Å². The van der Waals surface area contributed by atoms with Crippen molar-refractivity contribution in [2.24, 2.45) is 0 Å². The first-order chi connectivity index (χ1) is 15.9. The van der Waals surface area contributed by atoms with Crippen molar-refractivity contribution in [3.63, 3.8) is 0 Å². The molecule has 0 aliphatic carbocycles. The van der Waals surface area contributed by atoms with Crippen LogP contribution in [0, 0.1) is 0 Å². The van der Waals surface area contributed by atoms with Crippen LogP contribution >= 0.6 is 0 Å². The van der Waals surface area contributed by atoms with Crippen LogP contribution in [0.1, 0.15) is 15.9 Å². The van der Waals surface area contributed by atoms with Crippen molar-refractivity contribution < 1.29 is 24.4 Å². The second-order valence-electron chi connectivity index (χ2n) is 7.66. The average molecular weight is 447 g/mol. The van der Waals surface area contributed by atoms with E-state index in [-0.39, 0.29) is 24.3 Å². The molecule has 33 heavy (non-hydrogen) atoms. The molecular formula is C20H18BN7O5. The summed E-state index contributed by atoms with van der Waals surface area (Å²) in [4.78, 5) is 23.9. The summed E-state index contributed by atoms with van der Waals surface area (Å²) in [7, 11) is -1.39. The molecule has 4 aromatic rings. The molecular weight excluding hydrogens is 429 g/mol. The van der Waals surface area contributed by atoms with E-state index in [0.29, 0.717) is 17.1 Å². The second-order valence-corrected chi connectivity index (χ2v) is 7.66. The average Bonchev–Trinajstić information content (AvgIpc) is 3.40. The van der Waals surface area contributed by atoms with Gasteiger partial charge in [-0.05, 0) is 30.2 Å². The van der Waals surface area contributed by atoms with Crippen molar-refractivity contribution in [1.29, 1.82) is 0 Å². The first-order valence-electron chi connectivity index (χ1n) is 10.0. The number of rotatable bonds is 5. The number of aromatic amines is 1. The highest BCUT2D eigenvalue weighted by atomic mass is 16.5. The van der Waals surface area contributed by atoms with E-state index in [9.17, 15) is 19.7 Å². The van der Waals surface area contributed by atoms with Crippen LogP contribution in [0.3, 0.4) is 0 Å². The van der Waals surface area contributed by atoms with Crippen LogP contribution < -0.4 is 15.7 Å². The third kappa shape index (κ3) is 3.85. The zero-order chi connectivity index (χ0) is 23.1. The van der Waals surface area contributed by atoms with Gasteiger partial charge in [0.2, 0.25) is 5.91 Å². The van der Waals surface area contributed by atoms with Gasteiger partial charge in [-0.1, -0.05) is 23.4 Å². The Labute approximate surface area is 186 Å². The number of nitrogens with two attached hydrogens (primary N) is 1. The van der Waals surface area contributed by atoms with Crippen molar-refractivity contribution in [3.8, 4) is 17.0 Å². The van der Waals surface area contributed by atoms with Gasteiger partial charge in [-0.15, -0.1) is 5.10 Å². The highest BCUT2D eigenvalue weighted by Gasteiger charge is 2.37. The number of amides is 1. The standard InChI is InChI=1S/C20H18BN7O5/c22-19-13-6-10(4-5-14(13)24-26-19)15-8-28(27-25-15)9-17(29)23-16-7-11-2-1-3-12(20(30)31)18(11)33-21(16)32/h1-6,8,16,32H,7,9H2,(H,23,29)(H,30,31)(H3,22,24,26)/t16-/m0/s1. The zero-order valence-corrected chi connectivity index (χ0v) is 17.1. The van der Waals surface area contributed by atoms with E-state index in [1.165, 1.54) is 10.7 Å². The molecule has 2 aromatic heterocycles. The Bertz CT molecular complexity index is 1380. The summed E-state index contributed by atoms with van der Waals surface area (Å²) in [6.07, 6.45) is 1.84. The molecule has 2 aromatic carbocycles. The molecule has 166 valence electrons. The van der Waals surface area contributed by atoms with E-state index < -0.39 is 24.9 Å². The van der Waals surface area contributed by atoms with Crippen LogP contribution in [0.5, 0.6) is 5.75 Å². The first-order valence-corrected chi connectivity index (χ1v) is 10.0. The Kier molecular flexibility index (Phi) is 4.94. The van der Waals surface area contributed by atoms with Gasteiger partial charge < -0.3 is 25.8 Å². The summed E-state index contributed by atoms with van der Waals surface area (Å²) in [5.41, 5.74) is 8.52. The van der Waals surface area contributed by atoms with E-state index in [1.54, 1.807) is 18.3 Å². The molecule has 0 spiro atoms. The van der Waals surface area contributed by atoms with Gasteiger partial charge in [0.05, 0.1) is 23.2 Å². The molecule has 1 aliphatic heterocycles. The van der Waals surface area contributed by atoms with E-state index in [0.717, 1.165) is 16.5 Å². The fourth-order valence-electron chi connectivity index (χ4n) is 3.82. The largest absolute Gasteiger partial charge is 0.547 e. The Balaban J connectivity index is 1.27. The number of para-hydroxylation sites is 1. The number of nitrogens with zero attached hydrogens (tertiary/aromatic N) is 4. The maximum Gasteiger partial charge on any atom is 0.547 e. The molecule has 1 atom stereocenters. The lowest BCUT2D eigenvalue weighted by molar-refractivity contribution is -0.122. The molecule has 1 aliphatic rings. The molecule has 0 fully saturated rings. The predicted molar refractivity (Wildman–Crippen MR) is 117 cm³/mol. The van der Waals surface area contributed by atoms with Gasteiger partial charge in [0.25, 0.3) is 0 Å². The van der Waals surface area contributed by atoms with Crippen molar-refractivity contribution in [1.82, 2.24) is 30.5 Å². The van der Waals surface area contributed by atoms with Crippen LogP contribution in [-0.4, -0.2) is 60.3 Å². The summed E-state index contributed by atoms with van der Waals surface area (Å²) < 4.78 is 6.77. The van der Waals surface area contributed by atoms with Crippen LogP contribution in [0.2, 0.25) is 0 Å². The number of carboxylic acid groups (broad SMARTS) is 1. The molecule has 0 saturated carbocycles. The lowest BCUT2D eigenvalue weighted by Gasteiger charge is -2.28. The van der Waals surface area contributed by atoms with Crippen LogP contribution in [0.4, 0.5) is 5.82 Å². The van der Waals surface area contributed by atoms with E-state index in [4.69, 9.17) is 10.4 Å². The highest BCUT2D eigenvalue weighted by molar-refractivity contribution is 6.47. The van der Waals surface area contributed by atoms with E-state index in [2.05, 4.69) is 25.8 Å². The summed E-state index contributed by atoms with van der Waals surface area (Å²) in [6.45, 7) is -0.131. The molecule has 0 unspecified atom stereocenters.